The molecule has 6 heteroatoms. The Bertz CT molecular complexity index is 897. The van der Waals surface area contributed by atoms with E-state index in [1.165, 1.54) is 0 Å². The largest absolute Gasteiger partial charge is 0.383 e. The molecule has 0 aliphatic rings. The molecule has 0 saturated heterocycles. The van der Waals surface area contributed by atoms with Crippen molar-refractivity contribution < 1.29 is 0 Å². The second kappa shape index (κ2) is 6.21. The second-order valence-electron chi connectivity index (χ2n) is 4.54. The normalized spacial score (nSPS) is 10.4. The van der Waals surface area contributed by atoms with Gasteiger partial charge in [-0.3, -0.25) is 0 Å². The van der Waals surface area contributed by atoms with Crippen molar-refractivity contribution >= 4 is 49.0 Å². The molecule has 2 heterocycles. The number of hydrogen-bond donors (Lipinski definition) is 1. The van der Waals surface area contributed by atoms with Crippen molar-refractivity contribution in [3.8, 4) is 27.8 Å². The summed E-state index contributed by atoms with van der Waals surface area (Å²) < 4.78 is 1.97. The van der Waals surface area contributed by atoms with Crippen molar-refractivity contribution in [2.75, 3.05) is 5.73 Å². The van der Waals surface area contributed by atoms with Crippen LogP contribution in [-0.4, -0.2) is 4.98 Å². The number of hydrogen-bond acceptors (Lipinski definition) is 4. The molecule has 3 aromatic rings. The molecule has 0 spiro atoms. The Labute approximate surface area is 148 Å². The van der Waals surface area contributed by atoms with Gasteiger partial charge in [0.15, 0.2) is 0 Å². The average molecular weight is 435 g/mol. The minimum absolute atomic E-state index is 0.250. The van der Waals surface area contributed by atoms with E-state index < -0.39 is 0 Å². The first-order valence-corrected chi connectivity index (χ1v) is 8.71. The Morgan fingerprint density at radius 1 is 1.14 bits per heavy atom. The maximum absolute atomic E-state index is 9.39. The molecule has 0 saturated carbocycles. The van der Waals surface area contributed by atoms with Crippen LogP contribution < -0.4 is 5.73 Å². The summed E-state index contributed by atoms with van der Waals surface area (Å²) in [5.74, 6) is 0.250. The van der Waals surface area contributed by atoms with Crippen LogP contribution in [0.3, 0.4) is 0 Å². The van der Waals surface area contributed by atoms with Crippen LogP contribution >= 0.6 is 43.2 Å². The molecule has 0 bridgehead atoms. The van der Waals surface area contributed by atoms with Crippen molar-refractivity contribution in [1.82, 2.24) is 4.98 Å². The first kappa shape index (κ1) is 15.2. The molecule has 0 aliphatic carbocycles. The van der Waals surface area contributed by atoms with E-state index in [1.807, 2.05) is 42.5 Å². The first-order chi connectivity index (χ1) is 10.6. The van der Waals surface area contributed by atoms with Crippen LogP contribution in [0.1, 0.15) is 5.56 Å². The molecule has 3 nitrogen and oxygen atoms in total. The molecule has 0 unspecified atom stereocenters. The van der Waals surface area contributed by atoms with Crippen molar-refractivity contribution in [3.05, 3.63) is 56.3 Å². The van der Waals surface area contributed by atoms with Gasteiger partial charge < -0.3 is 5.73 Å². The fraction of sp³-hybridized carbons (Fsp3) is 0. The van der Waals surface area contributed by atoms with Gasteiger partial charge in [0, 0.05) is 20.5 Å². The molecule has 108 valence electrons. The number of nitrogens with zero attached hydrogens (tertiary/aromatic N) is 2. The van der Waals surface area contributed by atoms with Crippen LogP contribution in [0.15, 0.2) is 50.7 Å². The van der Waals surface area contributed by atoms with E-state index in [2.05, 4.69) is 42.9 Å². The first-order valence-electron chi connectivity index (χ1n) is 6.31. The van der Waals surface area contributed by atoms with Crippen LogP contribution in [0.5, 0.6) is 0 Å². The molecular formula is C16H9Br2N3S. The quantitative estimate of drug-likeness (QED) is 0.582. The number of aromatic nitrogens is 1. The van der Waals surface area contributed by atoms with Gasteiger partial charge in [-0.15, -0.1) is 11.3 Å². The Morgan fingerprint density at radius 3 is 2.59 bits per heavy atom. The van der Waals surface area contributed by atoms with Crippen LogP contribution in [-0.2, 0) is 0 Å². The fourth-order valence-electron chi connectivity index (χ4n) is 2.13. The van der Waals surface area contributed by atoms with Gasteiger partial charge in [0.1, 0.15) is 17.5 Å². The molecule has 0 radical (unpaired) electrons. The molecule has 0 aliphatic heterocycles. The zero-order valence-corrected chi connectivity index (χ0v) is 15.2. The van der Waals surface area contributed by atoms with E-state index in [0.717, 1.165) is 30.0 Å². The van der Waals surface area contributed by atoms with Gasteiger partial charge in [-0.1, -0.05) is 28.1 Å². The zero-order valence-electron chi connectivity index (χ0n) is 11.2. The number of pyridine rings is 1. The van der Waals surface area contributed by atoms with Crippen molar-refractivity contribution in [2.24, 2.45) is 0 Å². The van der Waals surface area contributed by atoms with E-state index in [0.29, 0.717) is 5.56 Å². The summed E-state index contributed by atoms with van der Waals surface area (Å²) in [5.41, 5.74) is 8.91. The summed E-state index contributed by atoms with van der Waals surface area (Å²) in [6.45, 7) is 0. The van der Waals surface area contributed by atoms with Crippen LogP contribution in [0, 0.1) is 11.3 Å². The highest BCUT2D eigenvalue weighted by Crippen LogP contribution is 2.37. The van der Waals surface area contributed by atoms with Crippen molar-refractivity contribution in [2.45, 2.75) is 0 Å². The third-order valence-corrected chi connectivity index (χ3v) is 5.27. The zero-order chi connectivity index (χ0) is 15.7. The topological polar surface area (TPSA) is 62.7 Å². The summed E-state index contributed by atoms with van der Waals surface area (Å²) in [5, 5.41) is 9.39. The number of halogens is 2. The molecule has 22 heavy (non-hydrogen) atoms. The van der Waals surface area contributed by atoms with Crippen LogP contribution in [0.4, 0.5) is 5.82 Å². The Morgan fingerprint density at radius 2 is 1.95 bits per heavy atom. The minimum atomic E-state index is 0.250. The molecule has 2 N–H and O–H groups in total. The molecule has 1 aromatic carbocycles. The predicted molar refractivity (Wildman–Crippen MR) is 97.5 cm³/mol. The number of nitrogen functional groups attached to an aromatic ring is 1. The van der Waals surface area contributed by atoms with Gasteiger partial charge in [0.25, 0.3) is 0 Å². The van der Waals surface area contributed by atoms with Gasteiger partial charge in [0.05, 0.1) is 9.48 Å². The average Bonchev–Trinajstić information content (AvgIpc) is 2.93. The van der Waals surface area contributed by atoms with Gasteiger partial charge in [-0.2, -0.15) is 5.26 Å². The van der Waals surface area contributed by atoms with E-state index in [4.69, 9.17) is 5.73 Å². The summed E-state index contributed by atoms with van der Waals surface area (Å²) >= 11 is 8.47. The third-order valence-electron chi connectivity index (χ3n) is 3.12. The highest BCUT2D eigenvalue weighted by molar-refractivity contribution is 9.11. The summed E-state index contributed by atoms with van der Waals surface area (Å²) in [6.07, 6.45) is 0. The number of anilines is 1. The Kier molecular flexibility index (Phi) is 4.30. The Hall–Kier alpha value is -1.68. The number of rotatable bonds is 2. The lowest BCUT2D eigenvalue weighted by Gasteiger charge is -2.09. The standard InChI is InChI=1S/C16H9Br2N3S/c17-10-3-1-2-9(6-10)13-7-11(12(8-19)16(20)21-13)14-4-5-15(18)22-14/h1-7H,(H2,20,21). The highest BCUT2D eigenvalue weighted by atomic mass is 79.9. The van der Waals surface area contributed by atoms with Gasteiger partial charge in [0.2, 0.25) is 0 Å². The monoisotopic (exact) mass is 433 g/mol. The molecular weight excluding hydrogens is 426 g/mol. The SMILES string of the molecule is N#Cc1c(-c2ccc(Br)s2)cc(-c2cccc(Br)c2)nc1N. The summed E-state index contributed by atoms with van der Waals surface area (Å²) in [6, 6.07) is 15.8. The van der Waals surface area contributed by atoms with Crippen LogP contribution in [0.25, 0.3) is 21.7 Å². The number of thiophene rings is 1. The number of nitriles is 1. The van der Waals surface area contributed by atoms with Gasteiger partial charge >= 0.3 is 0 Å². The highest BCUT2D eigenvalue weighted by Gasteiger charge is 2.14. The van der Waals surface area contributed by atoms with E-state index in [-0.39, 0.29) is 5.82 Å². The van der Waals surface area contributed by atoms with Gasteiger partial charge in [-0.25, -0.2) is 4.98 Å². The lowest BCUT2D eigenvalue weighted by atomic mass is 10.0. The lowest BCUT2D eigenvalue weighted by Crippen LogP contribution is -1.99. The second-order valence-corrected chi connectivity index (χ2v) is 7.92. The van der Waals surface area contributed by atoms with Crippen molar-refractivity contribution in [1.29, 1.82) is 5.26 Å². The number of benzene rings is 1. The van der Waals surface area contributed by atoms with E-state index in [1.54, 1.807) is 11.3 Å². The summed E-state index contributed by atoms with van der Waals surface area (Å²) in [4.78, 5) is 5.36. The maximum atomic E-state index is 9.39. The Balaban J connectivity index is 2.23. The molecule has 2 aromatic heterocycles. The third kappa shape index (κ3) is 2.93. The summed E-state index contributed by atoms with van der Waals surface area (Å²) in [7, 11) is 0. The van der Waals surface area contributed by atoms with Crippen molar-refractivity contribution in [3.63, 3.8) is 0 Å². The molecule has 0 fully saturated rings. The smallest absolute Gasteiger partial charge is 0.142 e. The predicted octanol–water partition coefficient (Wildman–Crippen LogP) is 5.46. The molecule has 0 atom stereocenters. The maximum Gasteiger partial charge on any atom is 0.142 e. The van der Waals surface area contributed by atoms with Crippen LogP contribution in [0.2, 0.25) is 0 Å². The minimum Gasteiger partial charge on any atom is -0.383 e. The fourth-order valence-corrected chi connectivity index (χ4v) is 3.94. The number of nitrogens with two attached hydrogens (primary N) is 1. The van der Waals surface area contributed by atoms with E-state index in [9.17, 15) is 5.26 Å². The lowest BCUT2D eigenvalue weighted by molar-refractivity contribution is 1.31. The van der Waals surface area contributed by atoms with E-state index >= 15 is 0 Å². The van der Waals surface area contributed by atoms with Gasteiger partial charge in [-0.05, 0) is 46.3 Å². The molecule has 3 rings (SSSR count). The molecule has 0 amide bonds.